The van der Waals surface area contributed by atoms with Crippen LogP contribution in [0.5, 0.6) is 0 Å². The van der Waals surface area contributed by atoms with Crippen molar-refractivity contribution in [2.45, 2.75) is 89.8 Å². The number of benzene rings is 1. The predicted molar refractivity (Wildman–Crippen MR) is 158 cm³/mol. The average Bonchev–Trinajstić information content (AvgIpc) is 3.54. The third-order valence-corrected chi connectivity index (χ3v) is 8.93. The second kappa shape index (κ2) is 12.0. The van der Waals surface area contributed by atoms with Gasteiger partial charge in [-0.2, -0.15) is 0 Å². The molecule has 0 radical (unpaired) electrons. The lowest BCUT2D eigenvalue weighted by atomic mass is 9.86. The van der Waals surface area contributed by atoms with Gasteiger partial charge in [0.1, 0.15) is 5.60 Å². The highest BCUT2D eigenvalue weighted by Crippen LogP contribution is 2.39. The number of hydrogen-bond acceptors (Lipinski definition) is 6. The summed E-state index contributed by atoms with van der Waals surface area (Å²) in [7, 11) is 1.77. The van der Waals surface area contributed by atoms with E-state index in [4.69, 9.17) is 9.72 Å². The molecular weight excluding hydrogens is 564 g/mol. The fourth-order valence-electron chi connectivity index (χ4n) is 5.65. The molecule has 2 aliphatic rings. The molecule has 2 saturated carbocycles. The molecule has 1 aromatic carbocycles. The van der Waals surface area contributed by atoms with Crippen LogP contribution in [0.2, 0.25) is 0 Å². The molecular formula is C30H37F2N5O4S. The SMILES string of the molecule is CN(C(=O)C1CCCCC1)c1ccc2c(c1)nc(NC(=O)c1ccc(C(F)F)s1)n2[C@H]1C[C@@H](NC(=O)OC(C)(C)C)C1. The minimum absolute atomic E-state index is 0.0140. The van der Waals surface area contributed by atoms with Crippen LogP contribution in [0.4, 0.5) is 25.2 Å². The summed E-state index contributed by atoms with van der Waals surface area (Å²) in [5.74, 6) is -0.151. The smallest absolute Gasteiger partial charge is 0.407 e. The number of ether oxygens (including phenoxy) is 1. The van der Waals surface area contributed by atoms with Gasteiger partial charge in [0, 0.05) is 30.7 Å². The topological polar surface area (TPSA) is 106 Å². The number of thiophene rings is 1. The molecule has 0 aliphatic heterocycles. The summed E-state index contributed by atoms with van der Waals surface area (Å²) < 4.78 is 33.5. The van der Waals surface area contributed by atoms with Crippen molar-refractivity contribution in [3.8, 4) is 0 Å². The number of fused-ring (bicyclic) bond motifs is 1. The summed E-state index contributed by atoms with van der Waals surface area (Å²) in [5, 5.41) is 5.70. The molecule has 9 nitrogen and oxygen atoms in total. The third-order valence-electron chi connectivity index (χ3n) is 7.84. The van der Waals surface area contributed by atoms with Gasteiger partial charge in [-0.1, -0.05) is 19.3 Å². The van der Waals surface area contributed by atoms with Crippen LogP contribution in [0.25, 0.3) is 11.0 Å². The van der Waals surface area contributed by atoms with Crippen LogP contribution in [0.15, 0.2) is 30.3 Å². The molecule has 0 unspecified atom stereocenters. The molecule has 2 aliphatic carbocycles. The lowest BCUT2D eigenvalue weighted by molar-refractivity contribution is -0.123. The third kappa shape index (κ3) is 6.58. The van der Waals surface area contributed by atoms with E-state index in [2.05, 4.69) is 10.6 Å². The Hall–Kier alpha value is -3.54. The number of nitrogens with zero attached hydrogens (tertiary/aromatic N) is 3. The van der Waals surface area contributed by atoms with Crippen molar-refractivity contribution < 1.29 is 27.9 Å². The number of nitrogens with one attached hydrogen (secondary N) is 2. The minimum atomic E-state index is -2.66. The maximum absolute atomic E-state index is 13.2. The van der Waals surface area contributed by atoms with Crippen LogP contribution in [0.3, 0.4) is 0 Å². The number of aromatic nitrogens is 2. The highest BCUT2D eigenvalue weighted by atomic mass is 32.1. The molecule has 5 rings (SSSR count). The normalized spacial score (nSPS) is 19.4. The van der Waals surface area contributed by atoms with E-state index in [0.717, 1.165) is 49.0 Å². The molecule has 42 heavy (non-hydrogen) atoms. The zero-order chi connectivity index (χ0) is 30.2. The maximum atomic E-state index is 13.2. The lowest BCUT2D eigenvalue weighted by Crippen LogP contribution is -2.46. The van der Waals surface area contributed by atoms with E-state index in [1.165, 1.54) is 12.1 Å². The number of rotatable bonds is 7. The number of carbonyl (C=O) groups excluding carboxylic acids is 3. The van der Waals surface area contributed by atoms with Gasteiger partial charge in [-0.15, -0.1) is 11.3 Å². The van der Waals surface area contributed by atoms with Crippen LogP contribution in [-0.2, 0) is 9.53 Å². The molecule has 2 aromatic heterocycles. The molecule has 2 N–H and O–H groups in total. The molecule has 2 heterocycles. The fourth-order valence-corrected chi connectivity index (χ4v) is 6.41. The van der Waals surface area contributed by atoms with E-state index in [1.807, 2.05) is 22.8 Å². The number of halogens is 2. The number of alkyl carbamates (subject to hydrolysis) is 1. The predicted octanol–water partition coefficient (Wildman–Crippen LogP) is 7.06. The second-order valence-electron chi connectivity index (χ2n) is 12.1. The molecule has 226 valence electrons. The number of hydrogen-bond donors (Lipinski definition) is 2. The van der Waals surface area contributed by atoms with Crippen LogP contribution in [0, 0.1) is 5.92 Å². The summed E-state index contributed by atoms with van der Waals surface area (Å²) in [6, 6.07) is 8.01. The van der Waals surface area contributed by atoms with Crippen molar-refractivity contribution in [1.29, 1.82) is 0 Å². The van der Waals surface area contributed by atoms with Crippen molar-refractivity contribution >= 4 is 51.9 Å². The first kappa shape index (κ1) is 29.9. The van der Waals surface area contributed by atoms with Crippen LogP contribution >= 0.6 is 11.3 Å². The second-order valence-corrected chi connectivity index (χ2v) is 13.3. The van der Waals surface area contributed by atoms with Crippen molar-refractivity contribution in [3.05, 3.63) is 40.1 Å². The highest BCUT2D eigenvalue weighted by Gasteiger charge is 2.36. The van der Waals surface area contributed by atoms with Crippen LogP contribution in [-0.4, -0.2) is 46.1 Å². The van der Waals surface area contributed by atoms with Crippen molar-refractivity contribution in [2.75, 3.05) is 17.3 Å². The Bertz CT molecular complexity index is 1470. The van der Waals surface area contributed by atoms with Crippen LogP contribution in [0.1, 0.15) is 92.7 Å². The number of imidazole rings is 1. The van der Waals surface area contributed by atoms with E-state index < -0.39 is 24.0 Å². The van der Waals surface area contributed by atoms with E-state index in [9.17, 15) is 23.2 Å². The molecule has 2 fully saturated rings. The monoisotopic (exact) mass is 601 g/mol. The fraction of sp³-hybridized carbons (Fsp3) is 0.533. The first-order valence-electron chi connectivity index (χ1n) is 14.4. The quantitative estimate of drug-likeness (QED) is 0.302. The zero-order valence-electron chi connectivity index (χ0n) is 24.3. The van der Waals surface area contributed by atoms with Crippen molar-refractivity contribution in [2.24, 2.45) is 5.92 Å². The molecule has 0 bridgehead atoms. The van der Waals surface area contributed by atoms with Crippen LogP contribution < -0.4 is 15.5 Å². The van der Waals surface area contributed by atoms with Gasteiger partial charge < -0.3 is 19.5 Å². The molecule has 3 aromatic rings. The maximum Gasteiger partial charge on any atom is 0.407 e. The minimum Gasteiger partial charge on any atom is -0.444 e. The first-order valence-corrected chi connectivity index (χ1v) is 15.2. The van der Waals surface area contributed by atoms with Gasteiger partial charge in [0.05, 0.1) is 20.8 Å². The van der Waals surface area contributed by atoms with Gasteiger partial charge in [0.15, 0.2) is 0 Å². The van der Waals surface area contributed by atoms with E-state index in [-0.39, 0.29) is 39.6 Å². The Labute approximate surface area is 247 Å². The Morgan fingerprint density at radius 3 is 2.45 bits per heavy atom. The Morgan fingerprint density at radius 1 is 1.10 bits per heavy atom. The first-order chi connectivity index (χ1) is 19.9. The number of amides is 3. The summed E-state index contributed by atoms with van der Waals surface area (Å²) >= 11 is 0.739. The summed E-state index contributed by atoms with van der Waals surface area (Å²) in [6.45, 7) is 5.40. The molecule has 0 spiro atoms. The van der Waals surface area contributed by atoms with E-state index in [0.29, 0.717) is 24.0 Å². The summed E-state index contributed by atoms with van der Waals surface area (Å²) in [6.07, 6.45) is 3.10. The van der Waals surface area contributed by atoms with Gasteiger partial charge in [0.25, 0.3) is 12.3 Å². The standard InChI is InChI=1S/C30H37F2N5O4S/c1-30(2,3)41-29(40)33-18-14-20(15-18)37-22-11-10-19(36(4)27(39)17-8-6-5-7-9-17)16-21(22)34-28(37)35-26(38)24-13-12-23(42-24)25(31)32/h10-13,16-18,20,25H,5-9,14-15H2,1-4H3,(H,33,40)(H,34,35,38)/t18-,20+. The number of carbonyl (C=O) groups is 3. The molecule has 0 atom stereocenters. The summed E-state index contributed by atoms with van der Waals surface area (Å²) in [4.78, 5) is 44.9. The summed E-state index contributed by atoms with van der Waals surface area (Å²) in [5.41, 5.74) is 1.45. The van der Waals surface area contributed by atoms with Gasteiger partial charge in [-0.3, -0.25) is 14.9 Å². The number of anilines is 2. The zero-order valence-corrected chi connectivity index (χ0v) is 25.1. The average molecular weight is 602 g/mol. The van der Waals surface area contributed by atoms with Gasteiger partial charge >= 0.3 is 6.09 Å². The Balaban J connectivity index is 1.40. The molecule has 12 heteroatoms. The van der Waals surface area contributed by atoms with Crippen molar-refractivity contribution in [3.63, 3.8) is 0 Å². The van der Waals surface area contributed by atoms with E-state index >= 15 is 0 Å². The molecule has 0 saturated heterocycles. The Morgan fingerprint density at radius 2 is 1.81 bits per heavy atom. The van der Waals surface area contributed by atoms with Gasteiger partial charge in [-0.25, -0.2) is 18.6 Å². The lowest BCUT2D eigenvalue weighted by Gasteiger charge is -2.37. The Kier molecular flexibility index (Phi) is 8.54. The van der Waals surface area contributed by atoms with E-state index in [1.54, 1.807) is 32.7 Å². The highest BCUT2D eigenvalue weighted by molar-refractivity contribution is 7.14. The number of alkyl halides is 2. The van der Waals surface area contributed by atoms with Gasteiger partial charge in [-0.05, 0) is 76.8 Å². The largest absolute Gasteiger partial charge is 0.444 e. The molecule has 3 amide bonds. The van der Waals surface area contributed by atoms with Crippen molar-refractivity contribution in [1.82, 2.24) is 14.9 Å². The van der Waals surface area contributed by atoms with Gasteiger partial charge in [0.2, 0.25) is 11.9 Å².